The van der Waals surface area contributed by atoms with Gasteiger partial charge in [0.05, 0.1) is 0 Å². The number of benzene rings is 1. The number of fused-ring (bicyclic) bond motifs is 1. The number of amides is 2. The van der Waals surface area contributed by atoms with Gasteiger partial charge in [-0.05, 0) is 30.9 Å². The zero-order valence-electron chi connectivity index (χ0n) is 10.9. The Morgan fingerprint density at radius 3 is 2.37 bits per heavy atom. The van der Waals surface area contributed by atoms with Crippen molar-refractivity contribution in [2.45, 2.75) is 25.8 Å². The van der Waals surface area contributed by atoms with Crippen LogP contribution in [-0.4, -0.2) is 41.1 Å². The van der Waals surface area contributed by atoms with Gasteiger partial charge >= 0.3 is 12.0 Å². The van der Waals surface area contributed by atoms with Crippen molar-refractivity contribution in [1.82, 2.24) is 10.2 Å². The highest BCUT2D eigenvalue weighted by molar-refractivity contribution is 5.80. The third-order valence-electron chi connectivity index (χ3n) is 3.37. The van der Waals surface area contributed by atoms with Crippen LogP contribution in [0.25, 0.3) is 0 Å². The van der Waals surface area contributed by atoms with Crippen LogP contribution in [0.4, 0.5) is 4.79 Å². The summed E-state index contributed by atoms with van der Waals surface area (Å²) in [6.45, 7) is 1.89. The lowest BCUT2D eigenvalue weighted by Crippen LogP contribution is -2.46. The average Bonchev–Trinajstić information content (AvgIpc) is 2.77. The standard InChI is InChI=1S/C14H18N2O3/c1-2-16(9-13(17)18)14(19)15-12-7-10-5-3-4-6-11(10)8-12/h3-6,12H,2,7-9H2,1H3,(H,15,19)(H,17,18). The summed E-state index contributed by atoms with van der Waals surface area (Å²) in [5, 5.41) is 11.7. The Morgan fingerprint density at radius 2 is 1.89 bits per heavy atom. The molecule has 0 radical (unpaired) electrons. The Hall–Kier alpha value is -2.04. The molecule has 0 aliphatic heterocycles. The van der Waals surface area contributed by atoms with E-state index in [4.69, 9.17) is 5.11 Å². The van der Waals surface area contributed by atoms with Gasteiger partial charge in [0.1, 0.15) is 6.54 Å². The number of rotatable bonds is 4. The van der Waals surface area contributed by atoms with Gasteiger partial charge in [-0.1, -0.05) is 24.3 Å². The lowest BCUT2D eigenvalue weighted by atomic mass is 10.1. The number of carboxylic acid groups (broad SMARTS) is 1. The molecule has 0 bridgehead atoms. The topological polar surface area (TPSA) is 69.6 Å². The normalized spacial score (nSPS) is 13.9. The highest BCUT2D eigenvalue weighted by Gasteiger charge is 2.24. The highest BCUT2D eigenvalue weighted by Crippen LogP contribution is 2.21. The molecule has 0 atom stereocenters. The molecule has 2 amide bonds. The molecule has 0 heterocycles. The van der Waals surface area contributed by atoms with E-state index in [0.717, 1.165) is 12.8 Å². The largest absolute Gasteiger partial charge is 0.480 e. The number of carbonyl (C=O) groups excluding carboxylic acids is 1. The molecule has 19 heavy (non-hydrogen) atoms. The minimum Gasteiger partial charge on any atom is -0.480 e. The molecule has 5 heteroatoms. The van der Waals surface area contributed by atoms with E-state index in [1.807, 2.05) is 12.1 Å². The molecule has 1 aliphatic carbocycles. The van der Waals surface area contributed by atoms with E-state index in [1.165, 1.54) is 16.0 Å². The van der Waals surface area contributed by atoms with Crippen molar-refractivity contribution in [2.24, 2.45) is 0 Å². The maximum absolute atomic E-state index is 12.0. The van der Waals surface area contributed by atoms with Crippen LogP contribution in [0, 0.1) is 0 Å². The SMILES string of the molecule is CCN(CC(=O)O)C(=O)NC1Cc2ccccc2C1. The van der Waals surface area contributed by atoms with E-state index in [2.05, 4.69) is 17.4 Å². The van der Waals surface area contributed by atoms with Crippen LogP contribution < -0.4 is 5.32 Å². The highest BCUT2D eigenvalue weighted by atomic mass is 16.4. The fraction of sp³-hybridized carbons (Fsp3) is 0.429. The van der Waals surface area contributed by atoms with Gasteiger partial charge in [0.2, 0.25) is 0 Å². The maximum Gasteiger partial charge on any atom is 0.323 e. The summed E-state index contributed by atoms with van der Waals surface area (Å²) in [6.07, 6.45) is 1.62. The molecule has 5 nitrogen and oxygen atoms in total. The zero-order valence-corrected chi connectivity index (χ0v) is 10.9. The number of nitrogens with zero attached hydrogens (tertiary/aromatic N) is 1. The van der Waals surface area contributed by atoms with E-state index >= 15 is 0 Å². The molecule has 0 spiro atoms. The number of carbonyl (C=O) groups is 2. The van der Waals surface area contributed by atoms with Crippen LogP contribution >= 0.6 is 0 Å². The molecule has 0 aromatic heterocycles. The second kappa shape index (κ2) is 5.73. The molecule has 2 rings (SSSR count). The van der Waals surface area contributed by atoms with Crippen molar-refractivity contribution in [3.63, 3.8) is 0 Å². The third-order valence-corrected chi connectivity index (χ3v) is 3.37. The second-order valence-corrected chi connectivity index (χ2v) is 4.73. The quantitative estimate of drug-likeness (QED) is 0.858. The van der Waals surface area contributed by atoms with Crippen LogP contribution in [0.1, 0.15) is 18.1 Å². The molecule has 1 aromatic rings. The number of nitrogens with one attached hydrogen (secondary N) is 1. The van der Waals surface area contributed by atoms with Gasteiger partial charge in [-0.2, -0.15) is 0 Å². The second-order valence-electron chi connectivity index (χ2n) is 4.73. The lowest BCUT2D eigenvalue weighted by Gasteiger charge is -2.22. The average molecular weight is 262 g/mol. The van der Waals surface area contributed by atoms with E-state index in [-0.39, 0.29) is 18.6 Å². The molecular weight excluding hydrogens is 244 g/mol. The van der Waals surface area contributed by atoms with Gasteiger partial charge < -0.3 is 15.3 Å². The molecule has 2 N–H and O–H groups in total. The number of likely N-dealkylation sites (N-methyl/N-ethyl adjacent to an activating group) is 1. The first-order valence-electron chi connectivity index (χ1n) is 6.44. The Kier molecular flexibility index (Phi) is 4.04. The van der Waals surface area contributed by atoms with Crippen LogP contribution in [0.5, 0.6) is 0 Å². The summed E-state index contributed by atoms with van der Waals surface area (Å²) in [7, 11) is 0. The fourth-order valence-electron chi connectivity index (χ4n) is 2.42. The van der Waals surface area contributed by atoms with Crippen LogP contribution in [0.15, 0.2) is 24.3 Å². The smallest absolute Gasteiger partial charge is 0.323 e. The monoisotopic (exact) mass is 262 g/mol. The van der Waals surface area contributed by atoms with E-state index in [0.29, 0.717) is 6.54 Å². The predicted molar refractivity (Wildman–Crippen MR) is 71.1 cm³/mol. The minimum absolute atomic E-state index is 0.0627. The summed E-state index contributed by atoms with van der Waals surface area (Å²) in [5.74, 6) is -0.994. The summed E-state index contributed by atoms with van der Waals surface area (Å²) in [5.41, 5.74) is 2.52. The first-order valence-corrected chi connectivity index (χ1v) is 6.44. The van der Waals surface area contributed by atoms with Gasteiger partial charge in [-0.25, -0.2) is 4.79 Å². The molecule has 0 unspecified atom stereocenters. The molecular formula is C14H18N2O3. The predicted octanol–water partition coefficient (Wildman–Crippen LogP) is 1.27. The van der Waals surface area contributed by atoms with Crippen molar-refractivity contribution in [3.8, 4) is 0 Å². The number of hydrogen-bond donors (Lipinski definition) is 2. The van der Waals surface area contributed by atoms with Gasteiger partial charge in [0.25, 0.3) is 0 Å². The number of hydrogen-bond acceptors (Lipinski definition) is 2. The lowest BCUT2D eigenvalue weighted by molar-refractivity contribution is -0.137. The van der Waals surface area contributed by atoms with E-state index in [1.54, 1.807) is 6.92 Å². The van der Waals surface area contributed by atoms with Gasteiger partial charge in [-0.15, -0.1) is 0 Å². The van der Waals surface area contributed by atoms with Gasteiger partial charge in [0, 0.05) is 12.6 Å². The number of aliphatic carboxylic acids is 1. The Morgan fingerprint density at radius 1 is 1.32 bits per heavy atom. The molecule has 1 aromatic carbocycles. The van der Waals surface area contributed by atoms with Crippen molar-refractivity contribution in [1.29, 1.82) is 0 Å². The Balaban J connectivity index is 1.92. The first-order chi connectivity index (χ1) is 9.10. The molecule has 0 fully saturated rings. The summed E-state index contributed by atoms with van der Waals surface area (Å²) in [6, 6.07) is 7.88. The van der Waals surface area contributed by atoms with E-state index < -0.39 is 5.97 Å². The first kappa shape index (κ1) is 13.4. The van der Waals surface area contributed by atoms with E-state index in [9.17, 15) is 9.59 Å². The zero-order chi connectivity index (χ0) is 13.8. The Labute approximate surface area is 112 Å². The number of carboxylic acids is 1. The summed E-state index contributed by atoms with van der Waals surface area (Å²) in [4.78, 5) is 23.9. The summed E-state index contributed by atoms with van der Waals surface area (Å²) >= 11 is 0. The molecule has 0 saturated carbocycles. The van der Waals surface area contributed by atoms with Crippen molar-refractivity contribution in [2.75, 3.05) is 13.1 Å². The maximum atomic E-state index is 12.0. The fourth-order valence-corrected chi connectivity index (χ4v) is 2.42. The molecule has 0 saturated heterocycles. The third kappa shape index (κ3) is 3.24. The van der Waals surface area contributed by atoms with Crippen LogP contribution in [0.3, 0.4) is 0 Å². The summed E-state index contributed by atoms with van der Waals surface area (Å²) < 4.78 is 0. The minimum atomic E-state index is -0.994. The van der Waals surface area contributed by atoms with Crippen molar-refractivity contribution >= 4 is 12.0 Å². The molecule has 1 aliphatic rings. The van der Waals surface area contributed by atoms with Crippen LogP contribution in [-0.2, 0) is 17.6 Å². The van der Waals surface area contributed by atoms with Crippen molar-refractivity contribution in [3.05, 3.63) is 35.4 Å². The Bertz CT molecular complexity index is 462. The van der Waals surface area contributed by atoms with Crippen molar-refractivity contribution < 1.29 is 14.7 Å². The number of urea groups is 1. The molecule has 102 valence electrons. The van der Waals surface area contributed by atoms with Crippen LogP contribution in [0.2, 0.25) is 0 Å². The van der Waals surface area contributed by atoms with Gasteiger partial charge in [0.15, 0.2) is 0 Å². The van der Waals surface area contributed by atoms with Gasteiger partial charge in [-0.3, -0.25) is 4.79 Å².